The molecule has 0 radical (unpaired) electrons. The van der Waals surface area contributed by atoms with Gasteiger partial charge in [0.25, 0.3) is 0 Å². The first-order valence-corrected chi connectivity index (χ1v) is 8.15. The topological polar surface area (TPSA) is 52.7 Å². The average Bonchev–Trinajstić information content (AvgIpc) is 2.96. The molecule has 1 N–H and O–H groups in total. The molecular formula is C17H22FN3O2. The van der Waals surface area contributed by atoms with Crippen LogP contribution in [0.3, 0.4) is 0 Å². The zero-order chi connectivity index (χ0) is 16.2. The molecule has 2 aliphatic heterocycles. The highest BCUT2D eigenvalue weighted by atomic mass is 19.1. The van der Waals surface area contributed by atoms with E-state index in [0.717, 1.165) is 31.4 Å². The lowest BCUT2D eigenvalue weighted by Gasteiger charge is -2.30. The number of likely N-dealkylation sites (tertiary alicyclic amines) is 1. The van der Waals surface area contributed by atoms with Crippen molar-refractivity contribution >= 4 is 11.8 Å². The van der Waals surface area contributed by atoms with Crippen LogP contribution in [0.5, 0.6) is 0 Å². The second-order valence-corrected chi connectivity index (χ2v) is 6.26. The van der Waals surface area contributed by atoms with Gasteiger partial charge in [0.05, 0.1) is 13.1 Å². The Bertz CT molecular complexity index is 576. The van der Waals surface area contributed by atoms with Gasteiger partial charge in [-0.05, 0) is 43.5 Å². The van der Waals surface area contributed by atoms with Crippen LogP contribution in [-0.2, 0) is 16.0 Å². The standard InChI is InChI=1S/C17H22FN3O2/c18-14-5-3-13(4-6-14)10-15-2-1-8-20(15)12-17(23)21-9-7-19-16(22)11-21/h3-6,15H,1-2,7-12H2,(H,19,22)/t15-/m0/s1. The van der Waals surface area contributed by atoms with E-state index in [1.165, 1.54) is 12.1 Å². The highest BCUT2D eigenvalue weighted by molar-refractivity contribution is 5.86. The van der Waals surface area contributed by atoms with Gasteiger partial charge in [-0.1, -0.05) is 12.1 Å². The molecule has 2 fully saturated rings. The first kappa shape index (κ1) is 15.9. The minimum Gasteiger partial charge on any atom is -0.353 e. The Balaban J connectivity index is 1.57. The molecule has 3 rings (SSSR count). The molecule has 23 heavy (non-hydrogen) atoms. The summed E-state index contributed by atoms with van der Waals surface area (Å²) in [5.74, 6) is -0.296. The highest BCUT2D eigenvalue weighted by Gasteiger charge is 2.29. The van der Waals surface area contributed by atoms with Gasteiger partial charge in [0.2, 0.25) is 11.8 Å². The Morgan fingerprint density at radius 3 is 2.78 bits per heavy atom. The van der Waals surface area contributed by atoms with Crippen molar-refractivity contribution < 1.29 is 14.0 Å². The second kappa shape index (κ2) is 7.08. The van der Waals surface area contributed by atoms with Gasteiger partial charge < -0.3 is 10.2 Å². The van der Waals surface area contributed by atoms with Gasteiger partial charge in [0.1, 0.15) is 5.82 Å². The number of rotatable bonds is 4. The van der Waals surface area contributed by atoms with E-state index in [1.807, 2.05) is 12.1 Å². The summed E-state index contributed by atoms with van der Waals surface area (Å²) >= 11 is 0. The van der Waals surface area contributed by atoms with Gasteiger partial charge in [0.15, 0.2) is 0 Å². The van der Waals surface area contributed by atoms with Crippen LogP contribution in [0, 0.1) is 5.82 Å². The molecule has 0 aliphatic carbocycles. The van der Waals surface area contributed by atoms with Crippen LogP contribution < -0.4 is 5.32 Å². The van der Waals surface area contributed by atoms with Gasteiger partial charge in [-0.15, -0.1) is 0 Å². The molecule has 1 atom stereocenters. The van der Waals surface area contributed by atoms with E-state index in [9.17, 15) is 14.0 Å². The Morgan fingerprint density at radius 1 is 1.26 bits per heavy atom. The van der Waals surface area contributed by atoms with E-state index < -0.39 is 0 Å². The number of nitrogens with zero attached hydrogens (tertiary/aromatic N) is 2. The quantitative estimate of drug-likeness (QED) is 0.893. The second-order valence-electron chi connectivity index (χ2n) is 6.26. The van der Waals surface area contributed by atoms with Crippen molar-refractivity contribution in [2.75, 3.05) is 32.7 Å². The minimum absolute atomic E-state index is 0.0193. The monoisotopic (exact) mass is 319 g/mol. The van der Waals surface area contributed by atoms with Crippen molar-refractivity contribution in [3.8, 4) is 0 Å². The third kappa shape index (κ3) is 4.07. The van der Waals surface area contributed by atoms with Gasteiger partial charge in [-0.3, -0.25) is 14.5 Å². The van der Waals surface area contributed by atoms with Crippen molar-refractivity contribution in [2.24, 2.45) is 0 Å². The zero-order valence-corrected chi connectivity index (χ0v) is 13.1. The summed E-state index contributed by atoms with van der Waals surface area (Å²) in [6.07, 6.45) is 2.94. The fraction of sp³-hybridized carbons (Fsp3) is 0.529. The number of benzene rings is 1. The minimum atomic E-state index is -0.226. The normalized spacial score (nSPS) is 22.2. The smallest absolute Gasteiger partial charge is 0.239 e. The Hall–Kier alpha value is -1.95. The lowest BCUT2D eigenvalue weighted by atomic mass is 10.0. The summed E-state index contributed by atoms with van der Waals surface area (Å²) < 4.78 is 13.0. The van der Waals surface area contributed by atoms with Crippen LogP contribution in [0.15, 0.2) is 24.3 Å². The highest BCUT2D eigenvalue weighted by Crippen LogP contribution is 2.21. The summed E-state index contributed by atoms with van der Waals surface area (Å²) in [7, 11) is 0. The average molecular weight is 319 g/mol. The van der Waals surface area contributed by atoms with Gasteiger partial charge in [0, 0.05) is 19.1 Å². The van der Waals surface area contributed by atoms with Crippen molar-refractivity contribution in [3.05, 3.63) is 35.6 Å². The van der Waals surface area contributed by atoms with Crippen LogP contribution in [0.2, 0.25) is 0 Å². The third-order valence-corrected chi connectivity index (χ3v) is 4.61. The van der Waals surface area contributed by atoms with Crippen molar-refractivity contribution in [3.63, 3.8) is 0 Å². The van der Waals surface area contributed by atoms with Crippen LogP contribution in [0.1, 0.15) is 18.4 Å². The predicted octanol–water partition coefficient (Wildman–Crippen LogP) is 0.791. The Morgan fingerprint density at radius 2 is 2.04 bits per heavy atom. The third-order valence-electron chi connectivity index (χ3n) is 4.61. The molecule has 1 aromatic carbocycles. The van der Waals surface area contributed by atoms with Crippen molar-refractivity contribution in [1.82, 2.24) is 15.1 Å². The molecule has 5 nitrogen and oxygen atoms in total. The lowest BCUT2D eigenvalue weighted by molar-refractivity contribution is -0.139. The SMILES string of the molecule is O=C1CN(C(=O)CN2CCC[C@H]2Cc2ccc(F)cc2)CCN1. The van der Waals surface area contributed by atoms with Crippen LogP contribution in [0.4, 0.5) is 4.39 Å². The molecule has 2 aliphatic rings. The number of carbonyl (C=O) groups excluding carboxylic acids is 2. The maximum absolute atomic E-state index is 13.0. The molecule has 2 heterocycles. The summed E-state index contributed by atoms with van der Waals surface area (Å²) in [4.78, 5) is 27.6. The first-order valence-electron chi connectivity index (χ1n) is 8.15. The number of hydrogen-bond acceptors (Lipinski definition) is 3. The molecule has 1 aromatic rings. The van der Waals surface area contributed by atoms with Crippen LogP contribution in [-0.4, -0.2) is 60.4 Å². The lowest BCUT2D eigenvalue weighted by Crippen LogP contribution is -2.52. The maximum Gasteiger partial charge on any atom is 0.239 e. The molecular weight excluding hydrogens is 297 g/mol. The number of hydrogen-bond donors (Lipinski definition) is 1. The van der Waals surface area contributed by atoms with Gasteiger partial charge in [-0.2, -0.15) is 0 Å². The van der Waals surface area contributed by atoms with E-state index in [-0.39, 0.29) is 24.2 Å². The van der Waals surface area contributed by atoms with E-state index in [4.69, 9.17) is 0 Å². The van der Waals surface area contributed by atoms with E-state index in [1.54, 1.807) is 4.90 Å². The van der Waals surface area contributed by atoms with E-state index >= 15 is 0 Å². The number of nitrogens with one attached hydrogen (secondary N) is 1. The summed E-state index contributed by atoms with van der Waals surface area (Å²) in [6, 6.07) is 6.88. The van der Waals surface area contributed by atoms with Gasteiger partial charge in [-0.25, -0.2) is 4.39 Å². The number of carbonyl (C=O) groups is 2. The fourth-order valence-electron chi connectivity index (χ4n) is 3.35. The fourth-order valence-corrected chi connectivity index (χ4v) is 3.35. The predicted molar refractivity (Wildman–Crippen MR) is 84.3 cm³/mol. The van der Waals surface area contributed by atoms with Crippen molar-refractivity contribution in [2.45, 2.75) is 25.3 Å². The number of piperazine rings is 1. The van der Waals surface area contributed by atoms with E-state index in [0.29, 0.717) is 25.7 Å². The van der Waals surface area contributed by atoms with Crippen LogP contribution in [0.25, 0.3) is 0 Å². The number of halogens is 1. The molecule has 0 saturated carbocycles. The first-order chi connectivity index (χ1) is 11.1. The summed E-state index contributed by atoms with van der Waals surface area (Å²) in [5, 5.41) is 2.73. The molecule has 2 saturated heterocycles. The van der Waals surface area contributed by atoms with Crippen LogP contribution >= 0.6 is 0 Å². The molecule has 0 unspecified atom stereocenters. The molecule has 2 amide bonds. The van der Waals surface area contributed by atoms with Crippen molar-refractivity contribution in [1.29, 1.82) is 0 Å². The summed E-state index contributed by atoms with van der Waals surface area (Å²) in [5.41, 5.74) is 1.09. The summed E-state index contributed by atoms with van der Waals surface area (Å²) in [6.45, 7) is 2.54. The van der Waals surface area contributed by atoms with Gasteiger partial charge >= 0.3 is 0 Å². The largest absolute Gasteiger partial charge is 0.353 e. The molecule has 0 aromatic heterocycles. The van der Waals surface area contributed by atoms with E-state index in [2.05, 4.69) is 10.2 Å². The zero-order valence-electron chi connectivity index (χ0n) is 13.1. The maximum atomic E-state index is 13.0. The molecule has 124 valence electrons. The Labute approximate surface area is 135 Å². The number of amides is 2. The molecule has 0 spiro atoms. The Kier molecular flexibility index (Phi) is 4.91. The molecule has 0 bridgehead atoms. The molecule has 6 heteroatoms.